The number of amides is 1. The van der Waals surface area contributed by atoms with Gasteiger partial charge in [-0.25, -0.2) is 4.99 Å². The fourth-order valence-corrected chi connectivity index (χ4v) is 3.50. The van der Waals surface area contributed by atoms with Gasteiger partial charge in [0.15, 0.2) is 16.7 Å². The number of methoxy groups -OCH3 is 3. The van der Waals surface area contributed by atoms with Crippen LogP contribution in [-0.2, 0) is 4.79 Å². The fourth-order valence-electron chi connectivity index (χ4n) is 2.52. The Morgan fingerprint density at radius 2 is 1.85 bits per heavy atom. The first-order chi connectivity index (χ1) is 13.1. The lowest BCUT2D eigenvalue weighted by Crippen LogP contribution is -2.23. The van der Waals surface area contributed by atoms with Gasteiger partial charge in [-0.2, -0.15) is 0 Å². The number of rotatable bonds is 5. The van der Waals surface area contributed by atoms with Crippen molar-refractivity contribution in [1.29, 1.82) is 0 Å². The molecule has 3 rings (SSSR count). The Morgan fingerprint density at radius 1 is 1.15 bits per heavy atom. The third kappa shape index (κ3) is 3.90. The zero-order valence-corrected chi connectivity index (χ0v) is 16.2. The van der Waals surface area contributed by atoms with E-state index in [9.17, 15) is 4.79 Å². The van der Waals surface area contributed by atoms with Crippen molar-refractivity contribution in [3.8, 4) is 17.2 Å². The van der Waals surface area contributed by atoms with E-state index in [1.807, 2.05) is 6.07 Å². The number of amidine groups is 1. The van der Waals surface area contributed by atoms with Crippen LogP contribution in [0.25, 0.3) is 6.08 Å². The summed E-state index contributed by atoms with van der Waals surface area (Å²) in [6.07, 6.45) is 5.10. The quantitative estimate of drug-likeness (QED) is 0.735. The number of aromatic nitrogens is 1. The van der Waals surface area contributed by atoms with E-state index < -0.39 is 0 Å². The summed E-state index contributed by atoms with van der Waals surface area (Å²) in [5.74, 6) is 1.42. The van der Waals surface area contributed by atoms with E-state index in [1.165, 1.54) is 16.7 Å². The number of benzene rings is 1. The number of likely N-dealkylation sites (N-methyl/N-ethyl adjacent to an activating group) is 1. The van der Waals surface area contributed by atoms with Gasteiger partial charge in [-0.3, -0.25) is 14.7 Å². The predicted molar refractivity (Wildman–Crippen MR) is 106 cm³/mol. The highest BCUT2D eigenvalue weighted by Crippen LogP contribution is 2.40. The van der Waals surface area contributed by atoms with Gasteiger partial charge >= 0.3 is 0 Å². The molecule has 0 saturated carbocycles. The zero-order chi connectivity index (χ0) is 19.4. The number of nitrogens with zero attached hydrogens (tertiary/aromatic N) is 3. The van der Waals surface area contributed by atoms with Crippen LogP contribution in [0.15, 0.2) is 46.6 Å². The Hall–Kier alpha value is -3.00. The van der Waals surface area contributed by atoms with Crippen LogP contribution in [0.3, 0.4) is 0 Å². The molecule has 8 heteroatoms. The first kappa shape index (κ1) is 18.8. The number of aliphatic imine (C=N–C) groups is 1. The molecular formula is C19H19N3O4S. The summed E-state index contributed by atoms with van der Waals surface area (Å²) < 4.78 is 16.1. The largest absolute Gasteiger partial charge is 0.493 e. The normalized spacial score (nSPS) is 16.9. The second-order valence-electron chi connectivity index (χ2n) is 5.54. The molecule has 1 amide bonds. The second-order valence-corrected chi connectivity index (χ2v) is 6.55. The highest BCUT2D eigenvalue weighted by molar-refractivity contribution is 8.18. The summed E-state index contributed by atoms with van der Waals surface area (Å²) in [5.41, 5.74) is 1.45. The predicted octanol–water partition coefficient (Wildman–Crippen LogP) is 3.34. The molecule has 1 fully saturated rings. The molecule has 0 radical (unpaired) electrons. The summed E-state index contributed by atoms with van der Waals surface area (Å²) in [6.45, 7) is 0. The van der Waals surface area contributed by atoms with Gasteiger partial charge < -0.3 is 14.2 Å². The van der Waals surface area contributed by atoms with Gasteiger partial charge in [0.1, 0.15) is 0 Å². The van der Waals surface area contributed by atoms with Crippen molar-refractivity contribution in [2.45, 2.75) is 0 Å². The highest BCUT2D eigenvalue weighted by Gasteiger charge is 2.30. The maximum absolute atomic E-state index is 12.6. The zero-order valence-electron chi connectivity index (χ0n) is 15.4. The number of hydrogen-bond acceptors (Lipinski definition) is 7. The molecule has 7 nitrogen and oxygen atoms in total. The van der Waals surface area contributed by atoms with Gasteiger partial charge in [-0.15, -0.1) is 0 Å². The first-order valence-electron chi connectivity index (χ1n) is 8.03. The molecule has 27 heavy (non-hydrogen) atoms. The van der Waals surface area contributed by atoms with Crippen LogP contribution in [-0.4, -0.2) is 49.3 Å². The number of pyridine rings is 1. The Labute approximate surface area is 161 Å². The molecule has 1 saturated heterocycles. The third-order valence-electron chi connectivity index (χ3n) is 3.86. The van der Waals surface area contributed by atoms with E-state index in [1.54, 1.807) is 65.0 Å². The van der Waals surface area contributed by atoms with Crippen molar-refractivity contribution < 1.29 is 19.0 Å². The van der Waals surface area contributed by atoms with Gasteiger partial charge in [0.2, 0.25) is 5.75 Å². The van der Waals surface area contributed by atoms with Gasteiger partial charge in [0, 0.05) is 13.2 Å². The van der Waals surface area contributed by atoms with E-state index in [-0.39, 0.29) is 5.91 Å². The monoisotopic (exact) mass is 385 g/mol. The Kier molecular flexibility index (Phi) is 5.66. The molecule has 0 N–H and O–H groups in total. The molecule has 1 aromatic heterocycles. The van der Waals surface area contributed by atoms with E-state index >= 15 is 0 Å². The minimum atomic E-state index is -0.128. The average Bonchev–Trinajstić information content (AvgIpc) is 2.95. The minimum Gasteiger partial charge on any atom is -0.493 e. The van der Waals surface area contributed by atoms with Crippen LogP contribution in [0.4, 0.5) is 5.69 Å². The van der Waals surface area contributed by atoms with Gasteiger partial charge in [0.25, 0.3) is 5.91 Å². The van der Waals surface area contributed by atoms with E-state index in [2.05, 4.69) is 9.98 Å². The molecule has 0 spiro atoms. The number of thioether (sulfide) groups is 1. The maximum atomic E-state index is 12.6. The minimum absolute atomic E-state index is 0.128. The summed E-state index contributed by atoms with van der Waals surface area (Å²) in [6, 6.07) is 7.21. The Morgan fingerprint density at radius 3 is 2.41 bits per heavy atom. The Bertz CT molecular complexity index is 887. The average molecular weight is 385 g/mol. The van der Waals surface area contributed by atoms with Crippen LogP contribution in [0.5, 0.6) is 17.2 Å². The summed E-state index contributed by atoms with van der Waals surface area (Å²) in [5, 5.41) is 0.590. The van der Waals surface area contributed by atoms with Crippen LogP contribution < -0.4 is 14.2 Å². The molecule has 0 aliphatic carbocycles. The second kappa shape index (κ2) is 8.13. The number of carbonyl (C=O) groups is 1. The van der Waals surface area contributed by atoms with Crippen molar-refractivity contribution in [1.82, 2.24) is 9.88 Å². The van der Waals surface area contributed by atoms with Crippen molar-refractivity contribution in [3.05, 3.63) is 47.1 Å². The standard InChI is InChI=1S/C19H19N3O4S/c1-22-18(23)16(27-19(22)21-13-6-5-7-20-11-13)10-12-8-14(24-2)17(26-4)15(9-12)25-3/h5-11H,1-4H3/b16-10-,21-19?. The summed E-state index contributed by atoms with van der Waals surface area (Å²) in [4.78, 5) is 23.2. The SMILES string of the molecule is COc1cc(/C=C2\SC(=Nc3cccnc3)N(C)C2=O)cc(OC)c1OC. The van der Waals surface area contributed by atoms with Gasteiger partial charge in [-0.1, -0.05) is 0 Å². The molecule has 1 aliphatic heterocycles. The Balaban J connectivity index is 1.96. The molecule has 1 aliphatic rings. The molecule has 2 aromatic rings. The summed E-state index contributed by atoms with van der Waals surface area (Å²) in [7, 11) is 6.35. The molecule has 1 aromatic carbocycles. The van der Waals surface area contributed by atoms with Crippen LogP contribution >= 0.6 is 11.8 Å². The lowest BCUT2D eigenvalue weighted by Gasteiger charge is -2.13. The van der Waals surface area contributed by atoms with Crippen LogP contribution in [0.1, 0.15) is 5.56 Å². The van der Waals surface area contributed by atoms with Crippen LogP contribution in [0, 0.1) is 0 Å². The van der Waals surface area contributed by atoms with E-state index in [0.717, 1.165) is 5.56 Å². The van der Waals surface area contributed by atoms with Gasteiger partial charge in [-0.05, 0) is 47.7 Å². The van der Waals surface area contributed by atoms with E-state index in [4.69, 9.17) is 14.2 Å². The number of carbonyl (C=O) groups excluding carboxylic acids is 1. The third-order valence-corrected chi connectivity index (χ3v) is 4.92. The molecule has 0 unspecified atom stereocenters. The highest BCUT2D eigenvalue weighted by atomic mass is 32.2. The molecular weight excluding hydrogens is 366 g/mol. The first-order valence-corrected chi connectivity index (χ1v) is 8.85. The molecule has 0 atom stereocenters. The molecule has 2 heterocycles. The van der Waals surface area contributed by atoms with Crippen molar-refractivity contribution in [3.63, 3.8) is 0 Å². The van der Waals surface area contributed by atoms with Crippen molar-refractivity contribution in [2.75, 3.05) is 28.4 Å². The van der Waals surface area contributed by atoms with Crippen LogP contribution in [0.2, 0.25) is 0 Å². The number of ether oxygens (including phenoxy) is 3. The lowest BCUT2D eigenvalue weighted by molar-refractivity contribution is -0.121. The fraction of sp³-hybridized carbons (Fsp3) is 0.211. The lowest BCUT2D eigenvalue weighted by atomic mass is 10.1. The van der Waals surface area contributed by atoms with Crippen molar-refractivity contribution in [2.24, 2.45) is 4.99 Å². The smallest absolute Gasteiger partial charge is 0.266 e. The van der Waals surface area contributed by atoms with Crippen molar-refractivity contribution >= 4 is 34.6 Å². The maximum Gasteiger partial charge on any atom is 0.266 e. The van der Waals surface area contributed by atoms with E-state index in [0.29, 0.717) is 33.0 Å². The number of hydrogen-bond donors (Lipinski definition) is 0. The molecule has 0 bridgehead atoms. The topological polar surface area (TPSA) is 73.3 Å². The molecule has 140 valence electrons. The van der Waals surface area contributed by atoms with Gasteiger partial charge in [0.05, 0.1) is 38.1 Å². The summed E-state index contributed by atoms with van der Waals surface area (Å²) >= 11 is 1.30.